The summed E-state index contributed by atoms with van der Waals surface area (Å²) in [5.74, 6) is 1.18. The topological polar surface area (TPSA) is 104 Å². The Bertz CT molecular complexity index is 1720. The molecule has 47 heavy (non-hydrogen) atoms. The molecule has 3 aromatic rings. The highest BCUT2D eigenvalue weighted by atomic mass is 35.5. The van der Waals surface area contributed by atoms with E-state index in [1.807, 2.05) is 43.0 Å². The molecular weight excluding hydrogens is 657 g/mol. The molecule has 1 amide bonds. The van der Waals surface area contributed by atoms with Crippen molar-refractivity contribution in [3.63, 3.8) is 0 Å². The number of hydrogen-bond donors (Lipinski definition) is 2. The second-order valence-corrected chi connectivity index (χ2v) is 15.8. The highest BCUT2D eigenvalue weighted by Gasteiger charge is 2.47. The van der Waals surface area contributed by atoms with Crippen LogP contribution in [0.3, 0.4) is 0 Å². The van der Waals surface area contributed by atoms with Crippen LogP contribution in [0.15, 0.2) is 41.3 Å². The summed E-state index contributed by atoms with van der Waals surface area (Å²) in [6.07, 6.45) is 6.10. The predicted octanol–water partition coefficient (Wildman–Crippen LogP) is 5.86. The van der Waals surface area contributed by atoms with Gasteiger partial charge in [-0.25, -0.2) is 13.4 Å². The van der Waals surface area contributed by atoms with Crippen molar-refractivity contribution < 1.29 is 17.9 Å². The number of aromatic nitrogens is 1. The van der Waals surface area contributed by atoms with E-state index < -0.39 is 15.6 Å². The van der Waals surface area contributed by atoms with Crippen LogP contribution in [0.2, 0.25) is 10.0 Å². The zero-order chi connectivity index (χ0) is 33.2. The largest absolute Gasteiger partial charge is 0.487 e. The summed E-state index contributed by atoms with van der Waals surface area (Å²) in [5, 5.41) is 4.67. The lowest BCUT2D eigenvalue weighted by molar-refractivity contribution is -0.139. The number of halogens is 2. The molecule has 1 saturated carbocycles. The first-order valence-electron chi connectivity index (χ1n) is 16.8. The number of piperazine rings is 1. The third-order valence-electron chi connectivity index (χ3n) is 10.1. The molecule has 0 unspecified atom stereocenters. The fraction of sp³-hybridized carbons (Fsp3) is 0.543. The van der Waals surface area contributed by atoms with E-state index in [1.54, 1.807) is 0 Å². The number of benzene rings is 2. The number of para-hydroxylation sites is 1. The molecule has 1 aromatic heterocycles. The van der Waals surface area contributed by atoms with E-state index in [2.05, 4.69) is 19.9 Å². The van der Waals surface area contributed by atoms with Gasteiger partial charge in [-0.2, -0.15) is 4.72 Å². The Hall–Kier alpha value is -2.47. The Morgan fingerprint density at radius 2 is 1.79 bits per heavy atom. The lowest BCUT2D eigenvalue weighted by Gasteiger charge is -2.40. The number of carbonyl (C=O) groups is 1. The van der Waals surface area contributed by atoms with E-state index in [0.29, 0.717) is 47.8 Å². The first kappa shape index (κ1) is 34.4. The smallest absolute Gasteiger partial charge is 0.243 e. The molecule has 0 atom stereocenters. The van der Waals surface area contributed by atoms with E-state index in [9.17, 15) is 13.2 Å². The summed E-state index contributed by atoms with van der Waals surface area (Å²) in [6, 6.07) is 10.6. The monoisotopic (exact) mass is 701 g/mol. The summed E-state index contributed by atoms with van der Waals surface area (Å²) in [6.45, 7) is 9.94. The maximum absolute atomic E-state index is 14.1. The normalized spacial score (nSPS) is 19.4. The fourth-order valence-corrected chi connectivity index (χ4v) is 9.71. The molecule has 2 aliphatic heterocycles. The number of ether oxygens (including phenoxy) is 1. The predicted molar refractivity (Wildman–Crippen MR) is 187 cm³/mol. The van der Waals surface area contributed by atoms with Crippen LogP contribution < -0.4 is 14.8 Å². The number of aryl methyl sites for hydroxylation is 2. The van der Waals surface area contributed by atoms with Gasteiger partial charge in [0.2, 0.25) is 15.9 Å². The van der Waals surface area contributed by atoms with Gasteiger partial charge in [0.1, 0.15) is 28.3 Å². The minimum absolute atomic E-state index is 0.0199. The lowest BCUT2D eigenvalue weighted by Crippen LogP contribution is -2.61. The molecule has 0 spiro atoms. The maximum Gasteiger partial charge on any atom is 0.243 e. The standard InChI is InChI=1S/C35H45Cl2N5O4S/c1-24-22-25(2)39-33-27(24)6-5-7-30(33)46-23-28-29(36)8-9-31(32(28)37)47(44,45)40-35(13-3-4-14-35)34(43)42-20-18-41(19-21-42)17-12-26-10-15-38-16-11-26/h5-9,22,26,38,40H,3-4,10-21,23H2,1-2H3. The minimum Gasteiger partial charge on any atom is -0.487 e. The van der Waals surface area contributed by atoms with Crippen LogP contribution in [0.25, 0.3) is 10.9 Å². The molecule has 2 aromatic carbocycles. The maximum atomic E-state index is 14.1. The van der Waals surface area contributed by atoms with E-state index in [-0.39, 0.29) is 22.4 Å². The van der Waals surface area contributed by atoms with Gasteiger partial charge < -0.3 is 15.0 Å². The Morgan fingerprint density at radius 3 is 2.51 bits per heavy atom. The zero-order valence-electron chi connectivity index (χ0n) is 27.3. The average molecular weight is 703 g/mol. The number of nitrogens with zero attached hydrogens (tertiary/aromatic N) is 3. The molecule has 12 heteroatoms. The highest BCUT2D eigenvalue weighted by Crippen LogP contribution is 2.37. The Morgan fingerprint density at radius 1 is 1.06 bits per heavy atom. The van der Waals surface area contributed by atoms with E-state index in [4.69, 9.17) is 27.9 Å². The van der Waals surface area contributed by atoms with E-state index in [1.165, 1.54) is 31.4 Å². The van der Waals surface area contributed by atoms with Gasteiger partial charge in [0, 0.05) is 47.8 Å². The molecular formula is C35H45Cl2N5O4S. The lowest BCUT2D eigenvalue weighted by atomic mass is 9.94. The summed E-state index contributed by atoms with van der Waals surface area (Å²) in [4.78, 5) is 22.9. The number of fused-ring (bicyclic) bond motifs is 1. The SMILES string of the molecule is Cc1cc(C)c2cccc(OCc3c(Cl)ccc(S(=O)(=O)NC4(C(=O)N5CCN(CCC6CCNCC6)CC5)CCCC4)c3Cl)c2n1. The molecule has 3 aliphatic rings. The number of rotatable bonds is 10. The first-order valence-corrected chi connectivity index (χ1v) is 19.0. The van der Waals surface area contributed by atoms with Crippen molar-refractivity contribution in [1.82, 2.24) is 24.8 Å². The van der Waals surface area contributed by atoms with Crippen LogP contribution in [-0.2, 0) is 21.4 Å². The molecule has 3 fully saturated rings. The van der Waals surface area contributed by atoms with Gasteiger partial charge in [0.05, 0.1) is 5.02 Å². The third-order valence-corrected chi connectivity index (χ3v) is 12.6. The van der Waals surface area contributed by atoms with Crippen molar-refractivity contribution in [2.24, 2.45) is 5.92 Å². The van der Waals surface area contributed by atoms with Gasteiger partial charge in [0.25, 0.3) is 0 Å². The number of carbonyl (C=O) groups excluding carboxylic acids is 1. The quantitative estimate of drug-likeness (QED) is 0.273. The fourth-order valence-electron chi connectivity index (χ4n) is 7.40. The number of sulfonamides is 1. The molecule has 1 aliphatic carbocycles. The second kappa shape index (κ2) is 14.6. The van der Waals surface area contributed by atoms with Crippen molar-refractivity contribution in [2.45, 2.75) is 75.8 Å². The van der Waals surface area contributed by atoms with Crippen LogP contribution in [0.4, 0.5) is 0 Å². The Kier molecular flexibility index (Phi) is 10.7. The van der Waals surface area contributed by atoms with Gasteiger partial charge in [-0.3, -0.25) is 9.69 Å². The minimum atomic E-state index is -4.19. The van der Waals surface area contributed by atoms with Crippen LogP contribution in [0, 0.1) is 19.8 Å². The van der Waals surface area contributed by atoms with Crippen LogP contribution in [0.1, 0.15) is 61.8 Å². The van der Waals surface area contributed by atoms with E-state index >= 15 is 0 Å². The third kappa shape index (κ3) is 7.58. The molecule has 3 heterocycles. The van der Waals surface area contributed by atoms with Crippen LogP contribution in [-0.4, -0.2) is 80.5 Å². The Balaban J connectivity index is 1.15. The number of piperidine rings is 1. The zero-order valence-corrected chi connectivity index (χ0v) is 29.6. The number of pyridine rings is 1. The van der Waals surface area contributed by atoms with E-state index in [0.717, 1.165) is 68.1 Å². The van der Waals surface area contributed by atoms with Gasteiger partial charge in [-0.15, -0.1) is 0 Å². The molecule has 0 bridgehead atoms. The first-order chi connectivity index (χ1) is 22.6. The molecule has 9 nitrogen and oxygen atoms in total. The van der Waals surface area contributed by atoms with Crippen LogP contribution >= 0.6 is 23.2 Å². The van der Waals surface area contributed by atoms with Gasteiger partial charge in [0.15, 0.2) is 0 Å². The molecule has 2 saturated heterocycles. The number of hydrogen-bond acceptors (Lipinski definition) is 7. The number of nitrogens with one attached hydrogen (secondary N) is 2. The van der Waals surface area contributed by atoms with Crippen molar-refractivity contribution in [3.05, 3.63) is 63.3 Å². The summed E-state index contributed by atoms with van der Waals surface area (Å²) in [5.41, 5.74) is 1.82. The van der Waals surface area contributed by atoms with Crippen LogP contribution in [0.5, 0.6) is 5.75 Å². The summed E-state index contributed by atoms with van der Waals surface area (Å²) >= 11 is 13.3. The summed E-state index contributed by atoms with van der Waals surface area (Å²) in [7, 11) is -4.19. The second-order valence-electron chi connectivity index (χ2n) is 13.4. The van der Waals surface area contributed by atoms with Crippen molar-refractivity contribution in [1.29, 1.82) is 0 Å². The van der Waals surface area contributed by atoms with Gasteiger partial charge in [-0.05, 0) is 101 Å². The van der Waals surface area contributed by atoms with Crippen molar-refractivity contribution in [2.75, 3.05) is 45.8 Å². The summed E-state index contributed by atoms with van der Waals surface area (Å²) < 4.78 is 37.0. The average Bonchev–Trinajstić information content (AvgIpc) is 3.53. The highest BCUT2D eigenvalue weighted by molar-refractivity contribution is 7.89. The molecule has 0 radical (unpaired) electrons. The molecule has 2 N–H and O–H groups in total. The van der Waals surface area contributed by atoms with Gasteiger partial charge >= 0.3 is 0 Å². The molecule has 6 rings (SSSR count). The number of amides is 1. The van der Waals surface area contributed by atoms with Crippen molar-refractivity contribution in [3.8, 4) is 5.75 Å². The van der Waals surface area contributed by atoms with Gasteiger partial charge in [-0.1, -0.05) is 48.2 Å². The Labute approximate surface area is 288 Å². The molecule has 254 valence electrons. The van der Waals surface area contributed by atoms with Crippen molar-refractivity contribution >= 4 is 50.0 Å².